The van der Waals surface area contributed by atoms with Gasteiger partial charge in [-0.25, -0.2) is 4.79 Å². The summed E-state index contributed by atoms with van der Waals surface area (Å²) >= 11 is 0. The molecule has 3 amide bonds. The van der Waals surface area contributed by atoms with Crippen molar-refractivity contribution in [2.75, 3.05) is 19.6 Å². The van der Waals surface area contributed by atoms with Crippen LogP contribution < -0.4 is 10.6 Å². The molecule has 216 valence electrons. The Kier molecular flexibility index (Phi) is 18.2. The summed E-state index contributed by atoms with van der Waals surface area (Å²) in [6, 6.07) is -0.303. The predicted octanol–water partition coefficient (Wildman–Crippen LogP) is 6.88. The van der Waals surface area contributed by atoms with Gasteiger partial charge in [0.1, 0.15) is 11.6 Å². The van der Waals surface area contributed by atoms with Crippen LogP contribution in [0.5, 0.6) is 0 Å². The van der Waals surface area contributed by atoms with Crippen LogP contribution in [0, 0.1) is 0 Å². The molecule has 1 aliphatic rings. The van der Waals surface area contributed by atoms with Gasteiger partial charge < -0.3 is 20.3 Å². The highest BCUT2D eigenvalue weighted by molar-refractivity contribution is 5.87. The van der Waals surface area contributed by atoms with Gasteiger partial charge in [0.15, 0.2) is 0 Å². The molecule has 0 spiro atoms. The number of carbonyl (C=O) groups excluding carboxylic acids is 3. The van der Waals surface area contributed by atoms with E-state index in [-0.39, 0.29) is 23.9 Å². The number of nitrogens with one attached hydrogen (secondary N) is 2. The Hall–Kier alpha value is -1.79. The first kappa shape index (κ1) is 33.2. The number of nitrogens with zero attached hydrogens (tertiary/aromatic N) is 1. The zero-order valence-electron chi connectivity index (χ0n) is 24.5. The number of ether oxygens (including phenoxy) is 1. The van der Waals surface area contributed by atoms with E-state index in [4.69, 9.17) is 4.74 Å². The molecule has 1 saturated heterocycles. The maximum absolute atomic E-state index is 12.9. The Morgan fingerprint density at radius 3 is 1.89 bits per heavy atom. The van der Waals surface area contributed by atoms with E-state index in [9.17, 15) is 14.4 Å². The summed E-state index contributed by atoms with van der Waals surface area (Å²) in [5.74, 6) is 0.152. The zero-order chi connectivity index (χ0) is 27.4. The molecule has 2 N–H and O–H groups in total. The lowest BCUT2D eigenvalue weighted by Gasteiger charge is -2.35. The van der Waals surface area contributed by atoms with Gasteiger partial charge in [0.2, 0.25) is 11.8 Å². The largest absolute Gasteiger partial charge is 0.444 e. The van der Waals surface area contributed by atoms with Gasteiger partial charge >= 0.3 is 6.09 Å². The molecule has 0 bridgehead atoms. The summed E-state index contributed by atoms with van der Waals surface area (Å²) in [5.41, 5.74) is -0.478. The molecular formula is C30H57N3O4. The molecule has 7 nitrogen and oxygen atoms in total. The minimum atomic E-state index is -0.478. The highest BCUT2D eigenvalue weighted by Gasteiger charge is 2.31. The van der Waals surface area contributed by atoms with Gasteiger partial charge in [-0.05, 0) is 59.3 Å². The van der Waals surface area contributed by atoms with Crippen molar-refractivity contribution < 1.29 is 19.1 Å². The lowest BCUT2D eigenvalue weighted by molar-refractivity contribution is -0.142. The molecule has 0 aromatic rings. The molecule has 0 aliphatic carbocycles. The molecule has 37 heavy (non-hydrogen) atoms. The maximum Gasteiger partial charge on any atom is 0.407 e. The molecule has 1 heterocycles. The molecule has 1 unspecified atom stereocenters. The van der Waals surface area contributed by atoms with Gasteiger partial charge in [0.05, 0.1) is 0 Å². The number of rotatable bonds is 19. The Morgan fingerprint density at radius 2 is 1.30 bits per heavy atom. The topological polar surface area (TPSA) is 87.7 Å². The second-order valence-electron chi connectivity index (χ2n) is 11.7. The number of likely N-dealkylation sites (tertiary alicyclic amines) is 1. The van der Waals surface area contributed by atoms with Crippen LogP contribution in [0.2, 0.25) is 0 Å². The van der Waals surface area contributed by atoms with Gasteiger partial charge in [0, 0.05) is 26.1 Å². The number of piperidine rings is 1. The van der Waals surface area contributed by atoms with Gasteiger partial charge in [-0.1, -0.05) is 77.6 Å². The van der Waals surface area contributed by atoms with Crippen molar-refractivity contribution in [2.24, 2.45) is 0 Å². The number of unbranched alkanes of at least 4 members (excludes halogenated alkanes) is 12. The molecule has 7 heteroatoms. The first-order valence-electron chi connectivity index (χ1n) is 15.3. The second kappa shape index (κ2) is 20.2. The number of hydrogen-bond donors (Lipinski definition) is 2. The molecule has 0 saturated carbocycles. The Morgan fingerprint density at radius 1 is 0.757 bits per heavy atom. The normalized spacial score (nSPS) is 15.9. The monoisotopic (exact) mass is 523 g/mol. The SMILES string of the molecule is CCCCCCCCCCCCC(=O)N1CCCCC1C(=O)NCCCCCCNC(=O)OC(C)(C)C. The molecule has 1 fully saturated rings. The molecule has 1 aliphatic heterocycles. The second-order valence-corrected chi connectivity index (χ2v) is 11.7. The van der Waals surface area contributed by atoms with Crippen molar-refractivity contribution in [2.45, 2.75) is 155 Å². The maximum atomic E-state index is 12.9. The number of hydrogen-bond acceptors (Lipinski definition) is 4. The highest BCUT2D eigenvalue weighted by Crippen LogP contribution is 2.20. The Bertz CT molecular complexity index is 633. The Labute approximate surface area is 227 Å². The van der Waals surface area contributed by atoms with Crippen LogP contribution in [0.1, 0.15) is 143 Å². The first-order chi connectivity index (χ1) is 17.7. The van der Waals surface area contributed by atoms with Crippen molar-refractivity contribution in [3.8, 4) is 0 Å². The van der Waals surface area contributed by atoms with Crippen LogP contribution in [0.4, 0.5) is 4.79 Å². The molecule has 0 aromatic heterocycles. The van der Waals surface area contributed by atoms with E-state index < -0.39 is 5.60 Å². The summed E-state index contributed by atoms with van der Waals surface area (Å²) in [6.07, 6.45) is 19.3. The number of alkyl carbamates (subject to hydrolysis) is 1. The van der Waals surface area contributed by atoms with E-state index in [0.29, 0.717) is 26.1 Å². The Balaban J connectivity index is 2.13. The first-order valence-corrected chi connectivity index (χ1v) is 15.3. The molecule has 1 atom stereocenters. The summed E-state index contributed by atoms with van der Waals surface area (Å²) in [7, 11) is 0. The average Bonchev–Trinajstić information content (AvgIpc) is 2.85. The van der Waals surface area contributed by atoms with E-state index >= 15 is 0 Å². The number of carbonyl (C=O) groups is 3. The van der Waals surface area contributed by atoms with Crippen molar-refractivity contribution >= 4 is 17.9 Å². The quantitative estimate of drug-likeness (QED) is 0.181. The van der Waals surface area contributed by atoms with Gasteiger partial charge in [-0.3, -0.25) is 9.59 Å². The molecule has 1 rings (SSSR count). The van der Waals surface area contributed by atoms with Gasteiger partial charge in [0.25, 0.3) is 0 Å². The number of amides is 3. The van der Waals surface area contributed by atoms with Crippen molar-refractivity contribution in [3.63, 3.8) is 0 Å². The lowest BCUT2D eigenvalue weighted by Crippen LogP contribution is -2.52. The molecule has 0 aromatic carbocycles. The van der Waals surface area contributed by atoms with Crippen molar-refractivity contribution in [1.82, 2.24) is 15.5 Å². The molecule has 0 radical (unpaired) electrons. The van der Waals surface area contributed by atoms with Crippen LogP contribution in [-0.2, 0) is 14.3 Å². The summed E-state index contributed by atoms with van der Waals surface area (Å²) in [4.78, 5) is 39.1. The van der Waals surface area contributed by atoms with Gasteiger partial charge in [-0.15, -0.1) is 0 Å². The zero-order valence-corrected chi connectivity index (χ0v) is 24.5. The molecular weight excluding hydrogens is 466 g/mol. The fraction of sp³-hybridized carbons (Fsp3) is 0.900. The standard InChI is InChI=1S/C30H57N3O4/c1-5-6-7-8-9-10-11-12-13-16-22-27(34)33-25-20-17-21-26(33)28(35)31-23-18-14-15-19-24-32-29(36)37-30(2,3)4/h26H,5-25H2,1-4H3,(H,31,35)(H,32,36). The highest BCUT2D eigenvalue weighted by atomic mass is 16.6. The third-order valence-electron chi connectivity index (χ3n) is 6.94. The van der Waals surface area contributed by atoms with Gasteiger partial charge in [-0.2, -0.15) is 0 Å². The smallest absolute Gasteiger partial charge is 0.407 e. The van der Waals surface area contributed by atoms with Crippen LogP contribution >= 0.6 is 0 Å². The summed E-state index contributed by atoms with van der Waals surface area (Å²) in [6.45, 7) is 9.74. The van der Waals surface area contributed by atoms with E-state index in [1.54, 1.807) is 0 Å². The lowest BCUT2D eigenvalue weighted by atomic mass is 10.00. The third kappa shape index (κ3) is 17.4. The third-order valence-corrected chi connectivity index (χ3v) is 6.94. The van der Waals surface area contributed by atoms with E-state index in [2.05, 4.69) is 17.6 Å². The van der Waals surface area contributed by atoms with E-state index in [1.807, 2.05) is 25.7 Å². The van der Waals surface area contributed by atoms with E-state index in [0.717, 1.165) is 57.8 Å². The fourth-order valence-electron chi connectivity index (χ4n) is 4.85. The summed E-state index contributed by atoms with van der Waals surface area (Å²) in [5, 5.41) is 5.83. The minimum Gasteiger partial charge on any atom is -0.444 e. The fourth-order valence-corrected chi connectivity index (χ4v) is 4.85. The van der Waals surface area contributed by atoms with Crippen molar-refractivity contribution in [1.29, 1.82) is 0 Å². The van der Waals surface area contributed by atoms with Crippen LogP contribution in [-0.4, -0.2) is 54.1 Å². The summed E-state index contributed by atoms with van der Waals surface area (Å²) < 4.78 is 5.22. The minimum absolute atomic E-state index is 0.00251. The van der Waals surface area contributed by atoms with Crippen LogP contribution in [0.15, 0.2) is 0 Å². The van der Waals surface area contributed by atoms with Crippen LogP contribution in [0.3, 0.4) is 0 Å². The van der Waals surface area contributed by atoms with Crippen LogP contribution in [0.25, 0.3) is 0 Å². The predicted molar refractivity (Wildman–Crippen MR) is 152 cm³/mol. The average molecular weight is 524 g/mol. The van der Waals surface area contributed by atoms with E-state index in [1.165, 1.54) is 51.4 Å². The van der Waals surface area contributed by atoms with Crippen molar-refractivity contribution in [3.05, 3.63) is 0 Å².